The molecule has 88 valence electrons. The van der Waals surface area contributed by atoms with E-state index in [1.807, 2.05) is 0 Å². The lowest BCUT2D eigenvalue weighted by atomic mass is 10.1. The molecule has 0 radical (unpaired) electrons. The number of aromatic nitrogens is 2. The van der Waals surface area contributed by atoms with E-state index in [1.165, 1.54) is 0 Å². The standard InChI is InChI=1S/C8H8F3N3O2/c9-8(10,11)4-1-2-14-6(16)3-5(15)13-7(14)12-4/h3-4,15H,1-2H2,(H,12,13). The van der Waals surface area contributed by atoms with Gasteiger partial charge in [0.05, 0.1) is 6.07 Å². The molecule has 0 saturated carbocycles. The maximum Gasteiger partial charge on any atom is 0.408 e. The number of alkyl halides is 3. The first kappa shape index (κ1) is 10.8. The largest absolute Gasteiger partial charge is 0.493 e. The Morgan fingerprint density at radius 3 is 2.88 bits per heavy atom. The molecule has 1 atom stereocenters. The molecule has 0 saturated heterocycles. The third-order valence-corrected chi connectivity index (χ3v) is 2.33. The van der Waals surface area contributed by atoms with Gasteiger partial charge in [0.25, 0.3) is 5.56 Å². The molecule has 1 unspecified atom stereocenters. The zero-order valence-corrected chi connectivity index (χ0v) is 7.95. The molecule has 5 nitrogen and oxygen atoms in total. The maximum absolute atomic E-state index is 12.4. The molecule has 0 amide bonds. The molecule has 0 bridgehead atoms. The van der Waals surface area contributed by atoms with Gasteiger partial charge in [0.15, 0.2) is 0 Å². The summed E-state index contributed by atoms with van der Waals surface area (Å²) in [5.74, 6) is -0.842. The van der Waals surface area contributed by atoms with Gasteiger partial charge in [0, 0.05) is 6.54 Å². The van der Waals surface area contributed by atoms with Crippen molar-refractivity contribution in [1.29, 1.82) is 0 Å². The Hall–Kier alpha value is -1.73. The van der Waals surface area contributed by atoms with Crippen LogP contribution >= 0.6 is 0 Å². The minimum atomic E-state index is -4.39. The minimum absolute atomic E-state index is 0.0708. The number of fused-ring (bicyclic) bond motifs is 1. The van der Waals surface area contributed by atoms with Crippen molar-refractivity contribution < 1.29 is 18.3 Å². The van der Waals surface area contributed by atoms with Crippen LogP contribution in [0.25, 0.3) is 0 Å². The van der Waals surface area contributed by atoms with Gasteiger partial charge < -0.3 is 10.4 Å². The Morgan fingerprint density at radius 2 is 2.25 bits per heavy atom. The molecule has 0 spiro atoms. The predicted molar refractivity (Wildman–Crippen MR) is 48.2 cm³/mol. The van der Waals surface area contributed by atoms with Crippen LogP contribution in [0.1, 0.15) is 6.42 Å². The fraction of sp³-hybridized carbons (Fsp3) is 0.500. The number of anilines is 1. The molecule has 0 aromatic carbocycles. The zero-order valence-electron chi connectivity index (χ0n) is 7.95. The highest BCUT2D eigenvalue weighted by atomic mass is 19.4. The molecule has 1 aromatic heterocycles. The third kappa shape index (κ3) is 1.82. The summed E-state index contributed by atoms with van der Waals surface area (Å²) >= 11 is 0. The summed E-state index contributed by atoms with van der Waals surface area (Å²) in [7, 11) is 0. The Kier molecular flexibility index (Phi) is 2.28. The fourth-order valence-electron chi connectivity index (χ4n) is 1.55. The van der Waals surface area contributed by atoms with Gasteiger partial charge in [0.2, 0.25) is 11.8 Å². The Morgan fingerprint density at radius 1 is 1.56 bits per heavy atom. The van der Waals surface area contributed by atoms with Crippen molar-refractivity contribution in [2.75, 3.05) is 5.32 Å². The van der Waals surface area contributed by atoms with Crippen molar-refractivity contribution in [3.05, 3.63) is 16.4 Å². The summed E-state index contributed by atoms with van der Waals surface area (Å²) in [6, 6.07) is -0.875. The average molecular weight is 235 g/mol. The van der Waals surface area contributed by atoms with Gasteiger partial charge in [-0.3, -0.25) is 9.36 Å². The normalized spacial score (nSPS) is 20.1. The first-order valence-electron chi connectivity index (χ1n) is 4.52. The van der Waals surface area contributed by atoms with E-state index in [9.17, 15) is 18.0 Å². The van der Waals surface area contributed by atoms with Crippen LogP contribution in [0.4, 0.5) is 19.1 Å². The molecule has 2 heterocycles. The quantitative estimate of drug-likeness (QED) is 0.694. The van der Waals surface area contributed by atoms with Crippen molar-refractivity contribution in [2.45, 2.75) is 25.2 Å². The highest BCUT2D eigenvalue weighted by molar-refractivity contribution is 5.33. The highest BCUT2D eigenvalue weighted by Gasteiger charge is 2.41. The van der Waals surface area contributed by atoms with E-state index >= 15 is 0 Å². The van der Waals surface area contributed by atoms with Crippen LogP contribution in [0, 0.1) is 0 Å². The number of rotatable bonds is 0. The summed E-state index contributed by atoms with van der Waals surface area (Å²) in [4.78, 5) is 14.7. The lowest BCUT2D eigenvalue weighted by Crippen LogP contribution is -2.43. The molecule has 1 aliphatic heterocycles. The maximum atomic E-state index is 12.4. The van der Waals surface area contributed by atoms with E-state index in [-0.39, 0.29) is 18.9 Å². The van der Waals surface area contributed by atoms with Gasteiger partial charge in [-0.2, -0.15) is 18.2 Å². The van der Waals surface area contributed by atoms with Gasteiger partial charge >= 0.3 is 6.18 Å². The molecule has 1 aliphatic rings. The number of hydrogen-bond donors (Lipinski definition) is 2. The van der Waals surface area contributed by atoms with Gasteiger partial charge in [-0.15, -0.1) is 0 Å². The van der Waals surface area contributed by atoms with Crippen molar-refractivity contribution in [3.63, 3.8) is 0 Å². The first-order valence-corrected chi connectivity index (χ1v) is 4.52. The topological polar surface area (TPSA) is 67.1 Å². The summed E-state index contributed by atoms with van der Waals surface area (Å²) < 4.78 is 38.2. The second-order valence-corrected chi connectivity index (χ2v) is 3.46. The van der Waals surface area contributed by atoms with E-state index in [0.717, 1.165) is 10.6 Å². The Bertz CT molecular complexity index is 469. The molecule has 0 aliphatic carbocycles. The zero-order chi connectivity index (χ0) is 11.9. The highest BCUT2D eigenvalue weighted by Crippen LogP contribution is 2.28. The average Bonchev–Trinajstić information content (AvgIpc) is 2.15. The summed E-state index contributed by atoms with van der Waals surface area (Å²) in [5.41, 5.74) is -0.573. The smallest absolute Gasteiger partial charge is 0.408 e. The van der Waals surface area contributed by atoms with Gasteiger partial charge in [-0.05, 0) is 6.42 Å². The second kappa shape index (κ2) is 3.39. The van der Waals surface area contributed by atoms with Gasteiger partial charge in [0.1, 0.15) is 6.04 Å². The Labute approximate surface area is 87.5 Å². The van der Waals surface area contributed by atoms with Crippen LogP contribution in [-0.4, -0.2) is 26.9 Å². The van der Waals surface area contributed by atoms with Crippen LogP contribution in [0.5, 0.6) is 5.88 Å². The second-order valence-electron chi connectivity index (χ2n) is 3.46. The molecule has 1 aromatic rings. The molecule has 0 fully saturated rings. The minimum Gasteiger partial charge on any atom is -0.493 e. The molecule has 2 N–H and O–H groups in total. The summed E-state index contributed by atoms with van der Waals surface area (Å²) in [6.45, 7) is -0.0708. The van der Waals surface area contributed by atoms with Crippen molar-refractivity contribution in [1.82, 2.24) is 9.55 Å². The van der Waals surface area contributed by atoms with Crippen molar-refractivity contribution in [2.24, 2.45) is 0 Å². The Balaban J connectivity index is 2.37. The van der Waals surface area contributed by atoms with E-state index in [2.05, 4.69) is 10.3 Å². The van der Waals surface area contributed by atoms with Gasteiger partial charge in [-0.1, -0.05) is 0 Å². The number of nitrogens with one attached hydrogen (secondary N) is 1. The molecule has 8 heteroatoms. The van der Waals surface area contributed by atoms with Crippen LogP contribution in [0.15, 0.2) is 10.9 Å². The summed E-state index contributed by atoms with van der Waals surface area (Å²) in [5, 5.41) is 11.1. The predicted octanol–water partition coefficient (Wildman–Crippen LogP) is 0.695. The van der Waals surface area contributed by atoms with Crippen molar-refractivity contribution >= 4 is 5.95 Å². The first-order chi connectivity index (χ1) is 7.38. The number of nitrogens with zero attached hydrogens (tertiary/aromatic N) is 2. The van der Waals surface area contributed by atoms with Crippen molar-refractivity contribution in [3.8, 4) is 5.88 Å². The number of aromatic hydroxyl groups is 1. The third-order valence-electron chi connectivity index (χ3n) is 2.33. The van der Waals surface area contributed by atoms with E-state index in [0.29, 0.717) is 0 Å². The van der Waals surface area contributed by atoms with E-state index < -0.39 is 23.7 Å². The van der Waals surface area contributed by atoms with E-state index in [4.69, 9.17) is 5.11 Å². The number of halogens is 3. The van der Waals surface area contributed by atoms with Crippen LogP contribution < -0.4 is 10.9 Å². The SMILES string of the molecule is O=c1cc(O)nc2n1CCC(C(F)(F)F)N2. The van der Waals surface area contributed by atoms with E-state index in [1.54, 1.807) is 0 Å². The lowest BCUT2D eigenvalue weighted by molar-refractivity contribution is -0.145. The van der Waals surface area contributed by atoms with Crippen LogP contribution in [0.2, 0.25) is 0 Å². The number of hydrogen-bond acceptors (Lipinski definition) is 4. The monoisotopic (exact) mass is 235 g/mol. The molecular weight excluding hydrogens is 227 g/mol. The molecule has 16 heavy (non-hydrogen) atoms. The van der Waals surface area contributed by atoms with Gasteiger partial charge in [-0.25, -0.2) is 0 Å². The summed E-state index contributed by atoms with van der Waals surface area (Å²) in [6.07, 6.45) is -4.63. The molecular formula is C8H8F3N3O2. The fourth-order valence-corrected chi connectivity index (χ4v) is 1.55. The van der Waals surface area contributed by atoms with Crippen LogP contribution in [0.3, 0.4) is 0 Å². The lowest BCUT2D eigenvalue weighted by Gasteiger charge is -2.28. The van der Waals surface area contributed by atoms with Crippen LogP contribution in [-0.2, 0) is 6.54 Å². The molecule has 2 rings (SSSR count).